The Morgan fingerprint density at radius 2 is 1.89 bits per heavy atom. The number of hydrogen-bond donors (Lipinski definition) is 2. The summed E-state index contributed by atoms with van der Waals surface area (Å²) in [7, 11) is 1.69. The molecule has 106 valence electrons. The van der Waals surface area contributed by atoms with Gasteiger partial charge in [0.05, 0.1) is 0 Å². The lowest BCUT2D eigenvalue weighted by Crippen LogP contribution is -2.40. The van der Waals surface area contributed by atoms with Crippen molar-refractivity contribution in [1.82, 2.24) is 10.6 Å². The van der Waals surface area contributed by atoms with Gasteiger partial charge in [0, 0.05) is 26.8 Å². The van der Waals surface area contributed by atoms with E-state index in [4.69, 9.17) is 4.74 Å². The van der Waals surface area contributed by atoms with Gasteiger partial charge in [-0.1, -0.05) is 44.2 Å². The Kier molecular flexibility index (Phi) is 6.36. The van der Waals surface area contributed by atoms with Gasteiger partial charge in [0.2, 0.25) is 0 Å². The zero-order valence-corrected chi connectivity index (χ0v) is 12.0. The molecule has 2 amide bonds. The Morgan fingerprint density at radius 1 is 1.21 bits per heavy atom. The summed E-state index contributed by atoms with van der Waals surface area (Å²) in [6.45, 7) is 6.12. The molecule has 2 N–H and O–H groups in total. The molecule has 0 radical (unpaired) electrons. The van der Waals surface area contributed by atoms with Crippen molar-refractivity contribution in [3.05, 3.63) is 35.9 Å². The minimum atomic E-state index is -0.130. The Labute approximate surface area is 115 Å². The van der Waals surface area contributed by atoms with Crippen LogP contribution in [0.5, 0.6) is 0 Å². The van der Waals surface area contributed by atoms with Crippen LogP contribution < -0.4 is 10.6 Å². The van der Waals surface area contributed by atoms with E-state index < -0.39 is 0 Å². The van der Waals surface area contributed by atoms with Crippen LogP contribution in [0.25, 0.3) is 0 Å². The molecule has 0 aromatic heterocycles. The van der Waals surface area contributed by atoms with Gasteiger partial charge < -0.3 is 15.4 Å². The summed E-state index contributed by atoms with van der Waals surface area (Å²) in [5.74, 6) is 0. The third-order valence-electron chi connectivity index (χ3n) is 3.01. The van der Waals surface area contributed by atoms with E-state index in [0.29, 0.717) is 19.7 Å². The molecule has 19 heavy (non-hydrogen) atoms. The molecule has 4 nitrogen and oxygen atoms in total. The first kappa shape index (κ1) is 15.5. The first-order valence-corrected chi connectivity index (χ1v) is 6.58. The van der Waals surface area contributed by atoms with Gasteiger partial charge in [0.1, 0.15) is 0 Å². The quantitative estimate of drug-likeness (QED) is 0.795. The van der Waals surface area contributed by atoms with E-state index in [2.05, 4.69) is 24.5 Å². The molecular weight excluding hydrogens is 240 g/mol. The van der Waals surface area contributed by atoms with E-state index in [1.807, 2.05) is 30.3 Å². The van der Waals surface area contributed by atoms with Crippen LogP contribution in [0.15, 0.2) is 30.3 Å². The number of nitrogens with one attached hydrogen (secondary N) is 2. The zero-order valence-electron chi connectivity index (χ0n) is 12.0. The lowest BCUT2D eigenvalue weighted by atomic mass is 9.90. The van der Waals surface area contributed by atoms with Crippen molar-refractivity contribution in [2.24, 2.45) is 5.41 Å². The SMILES string of the molecule is COCCC(C)(C)CNC(=O)NCc1ccccc1. The molecule has 0 aliphatic heterocycles. The Balaban J connectivity index is 2.24. The van der Waals surface area contributed by atoms with Gasteiger partial charge in [-0.3, -0.25) is 0 Å². The van der Waals surface area contributed by atoms with Gasteiger partial charge >= 0.3 is 6.03 Å². The maximum Gasteiger partial charge on any atom is 0.315 e. The van der Waals surface area contributed by atoms with Gasteiger partial charge in [-0.25, -0.2) is 4.79 Å². The number of ether oxygens (including phenoxy) is 1. The summed E-state index contributed by atoms with van der Waals surface area (Å²) in [6.07, 6.45) is 0.919. The fourth-order valence-electron chi connectivity index (χ4n) is 1.63. The molecule has 0 fully saturated rings. The highest BCUT2D eigenvalue weighted by Crippen LogP contribution is 2.18. The molecule has 4 heteroatoms. The molecule has 0 saturated carbocycles. The molecule has 0 bridgehead atoms. The number of methoxy groups -OCH3 is 1. The number of carbonyl (C=O) groups is 1. The van der Waals surface area contributed by atoms with Crippen LogP contribution in [0.4, 0.5) is 4.79 Å². The lowest BCUT2D eigenvalue weighted by Gasteiger charge is -2.24. The van der Waals surface area contributed by atoms with E-state index in [0.717, 1.165) is 12.0 Å². The number of urea groups is 1. The number of carbonyl (C=O) groups excluding carboxylic acids is 1. The Bertz CT molecular complexity index is 377. The number of amides is 2. The number of hydrogen-bond acceptors (Lipinski definition) is 2. The largest absolute Gasteiger partial charge is 0.385 e. The summed E-state index contributed by atoms with van der Waals surface area (Å²) in [5, 5.41) is 5.74. The van der Waals surface area contributed by atoms with E-state index >= 15 is 0 Å². The van der Waals surface area contributed by atoms with Crippen molar-refractivity contribution in [3.63, 3.8) is 0 Å². The summed E-state index contributed by atoms with van der Waals surface area (Å²) in [5.41, 5.74) is 1.14. The fourth-order valence-corrected chi connectivity index (χ4v) is 1.63. The average molecular weight is 264 g/mol. The molecule has 0 aliphatic rings. The van der Waals surface area contributed by atoms with Crippen molar-refractivity contribution >= 4 is 6.03 Å². The second-order valence-electron chi connectivity index (χ2n) is 5.43. The topological polar surface area (TPSA) is 50.4 Å². The lowest BCUT2D eigenvalue weighted by molar-refractivity contribution is 0.151. The maximum atomic E-state index is 11.7. The minimum absolute atomic E-state index is 0.0418. The normalized spacial score (nSPS) is 11.1. The molecule has 0 aliphatic carbocycles. The van der Waals surface area contributed by atoms with Crippen molar-refractivity contribution in [2.75, 3.05) is 20.3 Å². The molecule has 0 saturated heterocycles. The second kappa shape index (κ2) is 7.79. The zero-order chi connectivity index (χ0) is 14.1. The molecule has 0 spiro atoms. The summed E-state index contributed by atoms with van der Waals surface area (Å²) < 4.78 is 5.06. The molecule has 1 aromatic rings. The Morgan fingerprint density at radius 3 is 2.53 bits per heavy atom. The van der Waals surface area contributed by atoms with Gasteiger partial charge in [-0.15, -0.1) is 0 Å². The van der Waals surface area contributed by atoms with Gasteiger partial charge in [0.15, 0.2) is 0 Å². The van der Waals surface area contributed by atoms with E-state index in [-0.39, 0.29) is 11.4 Å². The first-order chi connectivity index (χ1) is 9.03. The van der Waals surface area contributed by atoms with Gasteiger partial charge in [-0.2, -0.15) is 0 Å². The molecular formula is C15H24N2O2. The van der Waals surface area contributed by atoms with Crippen LogP contribution in [0.1, 0.15) is 25.8 Å². The number of rotatable bonds is 7. The minimum Gasteiger partial charge on any atom is -0.385 e. The molecule has 1 aromatic carbocycles. The standard InChI is InChI=1S/C15H24N2O2/c1-15(2,9-10-19-3)12-17-14(18)16-11-13-7-5-4-6-8-13/h4-8H,9-12H2,1-3H3,(H2,16,17,18). The molecule has 1 rings (SSSR count). The third kappa shape index (κ3) is 6.82. The summed E-state index contributed by atoms with van der Waals surface area (Å²) in [4.78, 5) is 11.7. The maximum absolute atomic E-state index is 11.7. The van der Waals surface area contributed by atoms with E-state index in [9.17, 15) is 4.79 Å². The highest BCUT2D eigenvalue weighted by molar-refractivity contribution is 5.73. The van der Waals surface area contributed by atoms with Crippen molar-refractivity contribution in [2.45, 2.75) is 26.8 Å². The smallest absolute Gasteiger partial charge is 0.315 e. The van der Waals surface area contributed by atoms with Crippen LogP contribution in [0, 0.1) is 5.41 Å². The fraction of sp³-hybridized carbons (Fsp3) is 0.533. The van der Waals surface area contributed by atoms with Crippen LogP contribution in [-0.2, 0) is 11.3 Å². The van der Waals surface area contributed by atoms with Crippen LogP contribution in [-0.4, -0.2) is 26.3 Å². The molecule has 0 atom stereocenters. The monoisotopic (exact) mass is 264 g/mol. The van der Waals surface area contributed by atoms with Crippen molar-refractivity contribution in [3.8, 4) is 0 Å². The first-order valence-electron chi connectivity index (χ1n) is 6.58. The average Bonchev–Trinajstić information content (AvgIpc) is 2.42. The van der Waals surface area contributed by atoms with Crippen LogP contribution >= 0.6 is 0 Å². The highest BCUT2D eigenvalue weighted by atomic mass is 16.5. The summed E-state index contributed by atoms with van der Waals surface area (Å²) >= 11 is 0. The van der Waals surface area contributed by atoms with Gasteiger partial charge in [-0.05, 0) is 17.4 Å². The van der Waals surface area contributed by atoms with E-state index in [1.165, 1.54) is 0 Å². The van der Waals surface area contributed by atoms with Crippen LogP contribution in [0.2, 0.25) is 0 Å². The molecule has 0 heterocycles. The van der Waals surface area contributed by atoms with Gasteiger partial charge in [0.25, 0.3) is 0 Å². The van der Waals surface area contributed by atoms with Crippen LogP contribution in [0.3, 0.4) is 0 Å². The highest BCUT2D eigenvalue weighted by Gasteiger charge is 2.18. The number of benzene rings is 1. The van der Waals surface area contributed by atoms with Crippen molar-refractivity contribution in [1.29, 1.82) is 0 Å². The van der Waals surface area contributed by atoms with E-state index in [1.54, 1.807) is 7.11 Å². The van der Waals surface area contributed by atoms with Crippen molar-refractivity contribution < 1.29 is 9.53 Å². The summed E-state index contributed by atoms with van der Waals surface area (Å²) in [6, 6.07) is 9.73. The molecule has 0 unspecified atom stereocenters. The predicted octanol–water partition coefficient (Wildman–Crippen LogP) is 2.55. The second-order valence-corrected chi connectivity index (χ2v) is 5.43. The third-order valence-corrected chi connectivity index (χ3v) is 3.01. The Hall–Kier alpha value is -1.55. The predicted molar refractivity (Wildman–Crippen MR) is 77.0 cm³/mol.